The van der Waals surface area contributed by atoms with Crippen molar-refractivity contribution in [1.82, 2.24) is 14.5 Å². The number of rotatable bonds is 3. The number of thiophene rings is 1. The SMILES string of the molecule is c1ccc(-c2nc(-n3c4ccc(-c5cccc6ccccc56)cc4c4c5ccccc5ccc43)c3sc4ccc5ccccc5c4c3n2)cc1. The normalized spacial score (nSPS) is 12.0. The van der Waals surface area contributed by atoms with E-state index < -0.39 is 0 Å². The van der Waals surface area contributed by atoms with E-state index in [9.17, 15) is 0 Å². The van der Waals surface area contributed by atoms with Crippen molar-refractivity contribution in [3.8, 4) is 28.3 Å². The van der Waals surface area contributed by atoms with Gasteiger partial charge in [-0.25, -0.2) is 9.97 Å². The predicted molar refractivity (Wildman–Crippen MR) is 213 cm³/mol. The van der Waals surface area contributed by atoms with Crippen LogP contribution in [-0.2, 0) is 0 Å². The lowest BCUT2D eigenvalue weighted by molar-refractivity contribution is 1.08. The smallest absolute Gasteiger partial charge is 0.162 e. The molecule has 0 N–H and O–H groups in total. The maximum absolute atomic E-state index is 5.45. The van der Waals surface area contributed by atoms with Crippen LogP contribution in [0.2, 0.25) is 0 Å². The molecule has 8 aromatic carbocycles. The van der Waals surface area contributed by atoms with E-state index in [1.807, 2.05) is 6.07 Å². The molecule has 232 valence electrons. The maximum Gasteiger partial charge on any atom is 0.162 e. The summed E-state index contributed by atoms with van der Waals surface area (Å²) in [4.78, 5) is 10.8. The molecule has 0 aliphatic carbocycles. The fourth-order valence-electron chi connectivity index (χ4n) is 7.92. The first-order chi connectivity index (χ1) is 24.8. The second kappa shape index (κ2) is 10.6. The van der Waals surface area contributed by atoms with Crippen molar-refractivity contribution in [2.45, 2.75) is 0 Å². The van der Waals surface area contributed by atoms with E-state index in [0.717, 1.165) is 38.5 Å². The highest BCUT2D eigenvalue weighted by molar-refractivity contribution is 7.26. The molecular weight excluding hydrogens is 627 g/mol. The highest BCUT2D eigenvalue weighted by Gasteiger charge is 2.23. The van der Waals surface area contributed by atoms with Gasteiger partial charge in [-0.05, 0) is 67.7 Å². The molecule has 11 aromatic rings. The average Bonchev–Trinajstić information content (AvgIpc) is 3.74. The molecule has 3 heterocycles. The van der Waals surface area contributed by atoms with Gasteiger partial charge < -0.3 is 0 Å². The topological polar surface area (TPSA) is 30.7 Å². The molecule has 0 spiro atoms. The van der Waals surface area contributed by atoms with Crippen LogP contribution in [-0.4, -0.2) is 14.5 Å². The Balaban J connectivity index is 1.30. The van der Waals surface area contributed by atoms with Crippen molar-refractivity contribution in [1.29, 1.82) is 0 Å². The second-order valence-corrected chi connectivity index (χ2v) is 14.0. The Morgan fingerprint density at radius 1 is 0.440 bits per heavy atom. The molecule has 0 aliphatic rings. The molecule has 4 heteroatoms. The first-order valence-electron chi connectivity index (χ1n) is 16.9. The summed E-state index contributed by atoms with van der Waals surface area (Å²) in [7, 11) is 0. The van der Waals surface area contributed by atoms with Crippen LogP contribution in [0.3, 0.4) is 0 Å². The fourth-order valence-corrected chi connectivity index (χ4v) is 9.06. The number of hydrogen-bond donors (Lipinski definition) is 0. The Labute approximate surface area is 291 Å². The average molecular weight is 654 g/mol. The number of fused-ring (bicyclic) bond motifs is 11. The van der Waals surface area contributed by atoms with Crippen LogP contribution in [0.4, 0.5) is 0 Å². The first-order valence-corrected chi connectivity index (χ1v) is 17.7. The highest BCUT2D eigenvalue weighted by atomic mass is 32.1. The molecule has 0 unspecified atom stereocenters. The molecule has 0 aliphatic heterocycles. The molecule has 0 amide bonds. The number of benzene rings is 8. The minimum Gasteiger partial charge on any atom is -0.292 e. The van der Waals surface area contributed by atoms with Gasteiger partial charge in [-0.15, -0.1) is 11.3 Å². The summed E-state index contributed by atoms with van der Waals surface area (Å²) >= 11 is 1.78. The molecule has 0 atom stereocenters. The molecule has 0 saturated carbocycles. The van der Waals surface area contributed by atoms with Gasteiger partial charge >= 0.3 is 0 Å². The van der Waals surface area contributed by atoms with Crippen molar-refractivity contribution < 1.29 is 0 Å². The Morgan fingerprint density at radius 2 is 1.08 bits per heavy atom. The van der Waals surface area contributed by atoms with E-state index in [4.69, 9.17) is 9.97 Å². The molecule has 0 radical (unpaired) electrons. The number of aromatic nitrogens is 3. The monoisotopic (exact) mass is 653 g/mol. The third-order valence-corrected chi connectivity index (χ3v) is 11.3. The van der Waals surface area contributed by atoms with E-state index >= 15 is 0 Å². The van der Waals surface area contributed by atoms with Gasteiger partial charge in [0, 0.05) is 26.4 Å². The van der Waals surface area contributed by atoms with Crippen molar-refractivity contribution >= 4 is 85.8 Å². The molecule has 3 nitrogen and oxygen atoms in total. The minimum absolute atomic E-state index is 0.726. The van der Waals surface area contributed by atoms with Gasteiger partial charge in [0.2, 0.25) is 0 Å². The van der Waals surface area contributed by atoms with E-state index in [2.05, 4.69) is 162 Å². The summed E-state index contributed by atoms with van der Waals surface area (Å²) in [6.07, 6.45) is 0. The van der Waals surface area contributed by atoms with Gasteiger partial charge in [0.15, 0.2) is 11.6 Å². The largest absolute Gasteiger partial charge is 0.292 e. The zero-order valence-electron chi connectivity index (χ0n) is 26.8. The first kappa shape index (κ1) is 27.6. The van der Waals surface area contributed by atoms with Crippen LogP contribution in [0.25, 0.3) is 103 Å². The molecule has 0 saturated heterocycles. The van der Waals surface area contributed by atoms with Crippen LogP contribution >= 0.6 is 11.3 Å². The van der Waals surface area contributed by atoms with Crippen molar-refractivity contribution in [3.05, 3.63) is 164 Å². The Kier molecular flexibility index (Phi) is 5.83. The molecule has 0 fully saturated rings. The number of nitrogens with zero attached hydrogens (tertiary/aromatic N) is 3. The summed E-state index contributed by atoms with van der Waals surface area (Å²) in [6, 6.07) is 58.9. The Bertz CT molecular complexity index is 3150. The zero-order chi connectivity index (χ0) is 32.8. The van der Waals surface area contributed by atoms with Gasteiger partial charge in [0.05, 0.1) is 21.3 Å². The molecule has 3 aromatic heterocycles. The summed E-state index contributed by atoms with van der Waals surface area (Å²) in [5.74, 6) is 1.64. The third-order valence-electron chi connectivity index (χ3n) is 10.2. The van der Waals surface area contributed by atoms with Crippen molar-refractivity contribution in [2.75, 3.05) is 0 Å². The molecule has 11 rings (SSSR count). The third kappa shape index (κ3) is 3.97. The van der Waals surface area contributed by atoms with Gasteiger partial charge in [-0.2, -0.15) is 0 Å². The van der Waals surface area contributed by atoms with Crippen LogP contribution in [0.1, 0.15) is 0 Å². The van der Waals surface area contributed by atoms with E-state index in [-0.39, 0.29) is 0 Å². The summed E-state index contributed by atoms with van der Waals surface area (Å²) in [5, 5.41) is 11.0. The van der Waals surface area contributed by atoms with Crippen LogP contribution in [0, 0.1) is 0 Å². The van der Waals surface area contributed by atoms with Crippen LogP contribution < -0.4 is 0 Å². The lowest BCUT2D eigenvalue weighted by Gasteiger charge is -2.12. The lowest BCUT2D eigenvalue weighted by Crippen LogP contribution is -2.01. The van der Waals surface area contributed by atoms with Gasteiger partial charge in [0.25, 0.3) is 0 Å². The maximum atomic E-state index is 5.45. The minimum atomic E-state index is 0.726. The Morgan fingerprint density at radius 3 is 1.88 bits per heavy atom. The predicted octanol–water partition coefficient (Wildman–Crippen LogP) is 12.7. The highest BCUT2D eigenvalue weighted by Crippen LogP contribution is 2.44. The second-order valence-electron chi connectivity index (χ2n) is 13.0. The van der Waals surface area contributed by atoms with Gasteiger partial charge in [-0.1, -0.05) is 140 Å². The fraction of sp³-hybridized carbons (Fsp3) is 0. The van der Waals surface area contributed by atoms with Gasteiger partial charge in [-0.3, -0.25) is 4.57 Å². The lowest BCUT2D eigenvalue weighted by atomic mass is 9.96. The van der Waals surface area contributed by atoms with Crippen LogP contribution in [0.15, 0.2) is 164 Å². The zero-order valence-corrected chi connectivity index (χ0v) is 27.7. The molecular formula is C46H27N3S. The number of hydrogen-bond acceptors (Lipinski definition) is 3. The Hall–Kier alpha value is -6.36. The van der Waals surface area contributed by atoms with E-state index in [1.165, 1.54) is 64.3 Å². The quantitative estimate of drug-likeness (QED) is 0.190. The summed E-state index contributed by atoms with van der Waals surface area (Å²) in [5.41, 5.74) is 6.69. The van der Waals surface area contributed by atoms with Gasteiger partial charge in [0.1, 0.15) is 0 Å². The summed E-state index contributed by atoms with van der Waals surface area (Å²) in [6.45, 7) is 0. The van der Waals surface area contributed by atoms with Crippen LogP contribution in [0.5, 0.6) is 0 Å². The standard InChI is InChI=1S/C46H27N3S/c1-2-14-31(15-3-1)45-47-43-42-36-19-9-6-13-30(36)23-26-40(42)50-44(43)46(48-45)49-38-24-22-32(34-20-10-16-28-11-4-7-17-33(28)34)27-37(38)41-35-18-8-5-12-29(35)21-25-39(41)49/h1-27H. The molecule has 0 bridgehead atoms. The molecule has 50 heavy (non-hydrogen) atoms. The van der Waals surface area contributed by atoms with E-state index in [0.29, 0.717) is 0 Å². The summed E-state index contributed by atoms with van der Waals surface area (Å²) < 4.78 is 4.68. The van der Waals surface area contributed by atoms with Crippen molar-refractivity contribution in [2.24, 2.45) is 0 Å². The van der Waals surface area contributed by atoms with E-state index in [1.54, 1.807) is 11.3 Å². The van der Waals surface area contributed by atoms with Crippen molar-refractivity contribution in [3.63, 3.8) is 0 Å².